The molecule has 0 spiro atoms. The van der Waals surface area contributed by atoms with E-state index in [0.29, 0.717) is 35.7 Å². The van der Waals surface area contributed by atoms with E-state index in [1.807, 2.05) is 13.8 Å². The van der Waals surface area contributed by atoms with Crippen molar-refractivity contribution in [3.63, 3.8) is 0 Å². The van der Waals surface area contributed by atoms with Crippen molar-refractivity contribution in [2.75, 3.05) is 6.54 Å². The number of fused-ring (bicyclic) bond motifs is 3. The number of rotatable bonds is 6. The fraction of sp³-hybridized carbons (Fsp3) is 0.500. The molecule has 2 aromatic heterocycles. The number of aliphatic hydroxyl groups excluding tert-OH is 1. The summed E-state index contributed by atoms with van der Waals surface area (Å²) in [6, 6.07) is 3.75. The van der Waals surface area contributed by atoms with Gasteiger partial charge in [0, 0.05) is 11.9 Å². The summed E-state index contributed by atoms with van der Waals surface area (Å²) in [5.74, 6) is -2.24. The van der Waals surface area contributed by atoms with Gasteiger partial charge >= 0.3 is 0 Å². The highest BCUT2D eigenvalue weighted by Crippen LogP contribution is 2.22. The van der Waals surface area contributed by atoms with Gasteiger partial charge in [-0.05, 0) is 51.5 Å². The van der Waals surface area contributed by atoms with Crippen LogP contribution >= 0.6 is 0 Å². The Hall–Kier alpha value is -4.59. The van der Waals surface area contributed by atoms with Crippen molar-refractivity contribution in [3.05, 3.63) is 58.2 Å². The van der Waals surface area contributed by atoms with Gasteiger partial charge in [-0.25, -0.2) is 9.67 Å². The third-order valence-electron chi connectivity index (χ3n) is 7.34. The summed E-state index contributed by atoms with van der Waals surface area (Å²) < 4.78 is 6.57. The molecule has 1 aromatic carbocycles. The molecule has 44 heavy (non-hydrogen) atoms. The van der Waals surface area contributed by atoms with E-state index in [-0.39, 0.29) is 30.5 Å². The molecule has 0 saturated carbocycles. The summed E-state index contributed by atoms with van der Waals surface area (Å²) in [6.45, 7) is 6.82. The zero-order chi connectivity index (χ0) is 32.0. The highest BCUT2D eigenvalue weighted by molar-refractivity contribution is 5.93. The van der Waals surface area contributed by atoms with Crippen LogP contribution in [0.2, 0.25) is 0 Å². The van der Waals surface area contributed by atoms with Gasteiger partial charge in [0.15, 0.2) is 5.69 Å². The Bertz CT molecular complexity index is 1580. The maximum Gasteiger partial charge on any atom is 0.275 e. The van der Waals surface area contributed by atoms with E-state index in [4.69, 9.17) is 4.42 Å². The third kappa shape index (κ3) is 7.86. The van der Waals surface area contributed by atoms with E-state index < -0.39 is 60.0 Å². The molecule has 0 radical (unpaired) electrons. The highest BCUT2D eigenvalue weighted by atomic mass is 16.3. The van der Waals surface area contributed by atoms with Crippen LogP contribution in [0.4, 0.5) is 0 Å². The van der Waals surface area contributed by atoms with Crippen LogP contribution in [0, 0.1) is 12.8 Å². The zero-order valence-electron chi connectivity index (χ0n) is 25.3. The molecule has 0 aliphatic carbocycles. The molecule has 5 N–H and O–H groups in total. The minimum Gasteiger partial charge on any atom is -0.446 e. The van der Waals surface area contributed by atoms with Gasteiger partial charge in [0.25, 0.3) is 11.5 Å². The Morgan fingerprint density at radius 3 is 2.52 bits per heavy atom. The fourth-order valence-electron chi connectivity index (χ4n) is 5.09. The quantitative estimate of drug-likeness (QED) is 0.269. The van der Waals surface area contributed by atoms with Crippen molar-refractivity contribution in [1.82, 2.24) is 36.0 Å². The molecule has 2 bridgehead atoms. The van der Waals surface area contributed by atoms with Crippen LogP contribution in [-0.2, 0) is 20.9 Å². The SMILES string of the molecule is Cc1nn(CC(=O)N[C@H]2CCCCNC(=O)c3coc(n3)[C@H](CC(C)C)NC(=O)[C@H]([C@@H](C)O)NC2=O)c(=O)c2ccccc12. The molecule has 4 amide bonds. The normalized spacial score (nSPS) is 21.0. The molecular weight excluding hydrogens is 570 g/mol. The van der Waals surface area contributed by atoms with E-state index in [2.05, 4.69) is 31.3 Å². The molecule has 0 fully saturated rings. The van der Waals surface area contributed by atoms with Crippen LogP contribution in [-0.4, -0.2) is 68.2 Å². The number of hydrogen-bond acceptors (Lipinski definition) is 9. The Balaban J connectivity index is 1.56. The highest BCUT2D eigenvalue weighted by Gasteiger charge is 2.33. The van der Waals surface area contributed by atoms with Crippen LogP contribution in [0.5, 0.6) is 0 Å². The standard InChI is InChI=1S/C30H39N7O7/c1-16(2)13-22-29-34-23(15-44-29)26(40)31-12-8-7-11-21(27(41)35-25(18(4)38)28(42)33-22)32-24(39)14-37-30(43)20-10-6-5-9-19(20)17(3)36-37/h5-6,9-10,15-16,18,21-22,25,38H,7-8,11-14H2,1-4H3,(H,31,40)(H,32,39)(H,33,42)(H,35,41)/t18-,21+,22+,25+/m1/s1. The van der Waals surface area contributed by atoms with Crippen LogP contribution in [0.15, 0.2) is 39.7 Å². The number of carbonyl (C=O) groups is 4. The average molecular weight is 610 g/mol. The maximum atomic E-state index is 13.5. The molecule has 4 atom stereocenters. The second kappa shape index (κ2) is 14.3. The lowest BCUT2D eigenvalue weighted by Gasteiger charge is -2.27. The van der Waals surface area contributed by atoms with Crippen molar-refractivity contribution >= 4 is 34.4 Å². The summed E-state index contributed by atoms with van der Waals surface area (Å²) in [4.78, 5) is 69.8. The van der Waals surface area contributed by atoms with Gasteiger partial charge in [-0.1, -0.05) is 32.0 Å². The predicted octanol–water partition coefficient (Wildman–Crippen LogP) is 0.861. The molecule has 1 aliphatic rings. The topological polar surface area (TPSA) is 198 Å². The van der Waals surface area contributed by atoms with E-state index in [9.17, 15) is 29.1 Å². The van der Waals surface area contributed by atoms with Gasteiger partial charge in [-0.2, -0.15) is 5.10 Å². The zero-order valence-corrected chi connectivity index (χ0v) is 25.3. The molecule has 0 saturated heterocycles. The van der Waals surface area contributed by atoms with Gasteiger partial charge in [-0.3, -0.25) is 24.0 Å². The lowest BCUT2D eigenvalue weighted by molar-refractivity contribution is -0.134. The Morgan fingerprint density at radius 1 is 1.09 bits per heavy atom. The number of amides is 4. The minimum absolute atomic E-state index is 0.0633. The largest absolute Gasteiger partial charge is 0.446 e. The van der Waals surface area contributed by atoms with Crippen molar-refractivity contribution < 1.29 is 28.7 Å². The summed E-state index contributed by atoms with van der Waals surface area (Å²) in [5, 5.41) is 26.6. The van der Waals surface area contributed by atoms with Crippen molar-refractivity contribution in [2.24, 2.45) is 5.92 Å². The summed E-state index contributed by atoms with van der Waals surface area (Å²) >= 11 is 0. The molecule has 3 heterocycles. The van der Waals surface area contributed by atoms with Gasteiger partial charge in [-0.15, -0.1) is 0 Å². The van der Waals surface area contributed by atoms with Crippen molar-refractivity contribution in [1.29, 1.82) is 0 Å². The molecular formula is C30H39N7O7. The molecule has 236 valence electrons. The minimum atomic E-state index is -1.37. The number of aliphatic hydroxyl groups is 1. The Labute approximate surface area is 254 Å². The Morgan fingerprint density at radius 2 is 1.82 bits per heavy atom. The van der Waals surface area contributed by atoms with E-state index in [1.165, 1.54) is 13.2 Å². The first-order chi connectivity index (χ1) is 20.9. The maximum absolute atomic E-state index is 13.5. The second-order valence-corrected chi connectivity index (χ2v) is 11.5. The number of oxazole rings is 1. The second-order valence-electron chi connectivity index (χ2n) is 11.5. The summed E-state index contributed by atoms with van der Waals surface area (Å²) in [7, 11) is 0. The number of nitrogens with zero attached hydrogens (tertiary/aromatic N) is 3. The van der Waals surface area contributed by atoms with Crippen LogP contribution in [0.25, 0.3) is 10.8 Å². The lowest BCUT2D eigenvalue weighted by atomic mass is 10.0. The molecule has 14 heteroatoms. The number of benzene rings is 1. The molecule has 0 unspecified atom stereocenters. The smallest absolute Gasteiger partial charge is 0.275 e. The first-order valence-electron chi connectivity index (χ1n) is 14.7. The van der Waals surface area contributed by atoms with Crippen molar-refractivity contribution in [2.45, 2.75) is 84.2 Å². The van der Waals surface area contributed by atoms with Crippen LogP contribution < -0.4 is 26.8 Å². The molecule has 14 nitrogen and oxygen atoms in total. The average Bonchev–Trinajstić information content (AvgIpc) is 3.47. The lowest BCUT2D eigenvalue weighted by Crippen LogP contribution is -2.57. The number of aromatic nitrogens is 3. The van der Waals surface area contributed by atoms with E-state index in [1.54, 1.807) is 31.2 Å². The number of nitrogens with one attached hydrogen (secondary N) is 4. The van der Waals surface area contributed by atoms with Crippen LogP contribution in [0.3, 0.4) is 0 Å². The number of carbonyl (C=O) groups excluding carboxylic acids is 4. The fourth-order valence-corrected chi connectivity index (χ4v) is 5.09. The van der Waals surface area contributed by atoms with Gasteiger partial charge in [0.2, 0.25) is 23.6 Å². The van der Waals surface area contributed by atoms with Crippen LogP contribution in [0.1, 0.15) is 74.6 Å². The number of aryl methyl sites for hydroxylation is 1. The molecule has 1 aliphatic heterocycles. The predicted molar refractivity (Wildman–Crippen MR) is 159 cm³/mol. The Kier molecular flexibility index (Phi) is 10.5. The summed E-state index contributed by atoms with van der Waals surface area (Å²) in [5.41, 5.74) is 0.187. The van der Waals surface area contributed by atoms with E-state index in [0.717, 1.165) is 4.68 Å². The summed E-state index contributed by atoms with van der Waals surface area (Å²) in [6.07, 6.45) is 1.38. The van der Waals surface area contributed by atoms with Gasteiger partial charge in [0.1, 0.15) is 30.9 Å². The molecule has 4 rings (SSSR count). The molecule has 3 aromatic rings. The first-order valence-corrected chi connectivity index (χ1v) is 14.7. The number of hydrogen-bond donors (Lipinski definition) is 5. The first kappa shape index (κ1) is 32.3. The monoisotopic (exact) mass is 609 g/mol. The van der Waals surface area contributed by atoms with Gasteiger partial charge < -0.3 is 30.8 Å². The third-order valence-corrected chi connectivity index (χ3v) is 7.34. The van der Waals surface area contributed by atoms with Gasteiger partial charge in [0.05, 0.1) is 17.2 Å². The van der Waals surface area contributed by atoms with Crippen molar-refractivity contribution in [3.8, 4) is 0 Å². The van der Waals surface area contributed by atoms with E-state index >= 15 is 0 Å².